The average molecular weight is 218 g/mol. The number of anilines is 1. The van der Waals surface area contributed by atoms with Gasteiger partial charge in [0.15, 0.2) is 5.69 Å². The Labute approximate surface area is 84.3 Å². The summed E-state index contributed by atoms with van der Waals surface area (Å²) >= 11 is 5.60. The fraction of sp³-hybridized carbons (Fsp3) is 0.250. The molecule has 0 unspecified atom stereocenters. The van der Waals surface area contributed by atoms with E-state index >= 15 is 0 Å². The van der Waals surface area contributed by atoms with Crippen LogP contribution in [0.5, 0.6) is 0 Å². The van der Waals surface area contributed by atoms with E-state index in [0.717, 1.165) is 0 Å². The van der Waals surface area contributed by atoms with Gasteiger partial charge in [-0.1, -0.05) is 11.6 Å². The van der Waals surface area contributed by atoms with E-state index in [1.54, 1.807) is 6.07 Å². The molecule has 1 N–H and O–H groups in total. The maximum Gasteiger partial charge on any atom is 0.255 e. The molecule has 0 atom stereocenters. The molecule has 1 rings (SSSR count). The predicted molar refractivity (Wildman–Crippen MR) is 48.5 cm³/mol. The standard InChI is InChI=1S/C8H6ClF2N3/c9-5-1-2-8(13-4-7(10)11)14-6(5)3-12/h1-2,7H,4H2,(H,13,14). The van der Waals surface area contributed by atoms with Crippen LogP contribution in [0, 0.1) is 11.3 Å². The van der Waals surface area contributed by atoms with Gasteiger partial charge in [-0.3, -0.25) is 0 Å². The predicted octanol–water partition coefficient (Wildman–Crippen LogP) is 2.28. The Kier molecular flexibility index (Phi) is 3.60. The topological polar surface area (TPSA) is 48.7 Å². The van der Waals surface area contributed by atoms with Crippen LogP contribution in [-0.2, 0) is 0 Å². The van der Waals surface area contributed by atoms with Crippen LogP contribution >= 0.6 is 11.6 Å². The number of pyridine rings is 1. The Bertz CT molecular complexity index is 362. The van der Waals surface area contributed by atoms with Crippen LogP contribution in [0.4, 0.5) is 14.6 Å². The van der Waals surface area contributed by atoms with Gasteiger partial charge in [0.2, 0.25) is 0 Å². The summed E-state index contributed by atoms with van der Waals surface area (Å²) in [6.45, 7) is -0.500. The molecule has 1 heterocycles. The van der Waals surface area contributed by atoms with Crippen molar-refractivity contribution in [2.24, 2.45) is 0 Å². The van der Waals surface area contributed by atoms with E-state index in [0.29, 0.717) is 0 Å². The summed E-state index contributed by atoms with van der Waals surface area (Å²) in [6, 6.07) is 4.62. The van der Waals surface area contributed by atoms with Crippen molar-refractivity contribution in [3.8, 4) is 6.07 Å². The Hall–Kier alpha value is -1.41. The van der Waals surface area contributed by atoms with Crippen molar-refractivity contribution in [3.05, 3.63) is 22.8 Å². The van der Waals surface area contributed by atoms with E-state index in [4.69, 9.17) is 16.9 Å². The molecule has 0 saturated carbocycles. The first-order chi connectivity index (χ1) is 6.63. The van der Waals surface area contributed by atoms with E-state index in [2.05, 4.69) is 10.3 Å². The van der Waals surface area contributed by atoms with Crippen LogP contribution < -0.4 is 5.32 Å². The molecule has 0 saturated heterocycles. The molecule has 74 valence electrons. The van der Waals surface area contributed by atoms with E-state index < -0.39 is 13.0 Å². The first kappa shape index (κ1) is 10.7. The molecule has 6 heteroatoms. The SMILES string of the molecule is N#Cc1nc(NCC(F)F)ccc1Cl. The van der Waals surface area contributed by atoms with Gasteiger partial charge in [-0.15, -0.1) is 0 Å². The molecule has 0 fully saturated rings. The fourth-order valence-corrected chi connectivity index (χ4v) is 0.948. The monoisotopic (exact) mass is 217 g/mol. The van der Waals surface area contributed by atoms with Gasteiger partial charge in [0.1, 0.15) is 11.9 Å². The molecule has 1 aromatic rings. The van der Waals surface area contributed by atoms with Crippen LogP contribution in [0.2, 0.25) is 5.02 Å². The van der Waals surface area contributed by atoms with E-state index in [9.17, 15) is 8.78 Å². The lowest BCUT2D eigenvalue weighted by atomic mass is 10.3. The van der Waals surface area contributed by atoms with Crippen molar-refractivity contribution in [1.29, 1.82) is 5.26 Å². The second-order valence-corrected chi connectivity index (χ2v) is 2.82. The largest absolute Gasteiger partial charge is 0.364 e. The van der Waals surface area contributed by atoms with Crippen LogP contribution in [0.25, 0.3) is 0 Å². The van der Waals surface area contributed by atoms with Gasteiger partial charge in [-0.25, -0.2) is 13.8 Å². The molecule has 0 aliphatic carbocycles. The summed E-state index contributed by atoms with van der Waals surface area (Å²) in [7, 11) is 0. The smallest absolute Gasteiger partial charge is 0.255 e. The minimum Gasteiger partial charge on any atom is -0.364 e. The third-order valence-electron chi connectivity index (χ3n) is 1.39. The molecular weight excluding hydrogens is 212 g/mol. The van der Waals surface area contributed by atoms with Gasteiger partial charge in [0.25, 0.3) is 6.43 Å². The fourth-order valence-electron chi connectivity index (χ4n) is 0.801. The number of hydrogen-bond acceptors (Lipinski definition) is 3. The van der Waals surface area contributed by atoms with Crippen molar-refractivity contribution >= 4 is 17.4 Å². The van der Waals surface area contributed by atoms with Gasteiger partial charge < -0.3 is 5.32 Å². The number of nitrogens with zero attached hydrogens (tertiary/aromatic N) is 2. The van der Waals surface area contributed by atoms with E-state index in [-0.39, 0.29) is 16.5 Å². The molecule has 0 radical (unpaired) electrons. The molecule has 3 nitrogen and oxygen atoms in total. The molecule has 0 amide bonds. The first-order valence-corrected chi connectivity index (χ1v) is 4.10. The van der Waals surface area contributed by atoms with Crippen molar-refractivity contribution in [2.75, 3.05) is 11.9 Å². The zero-order valence-electron chi connectivity index (χ0n) is 6.97. The summed E-state index contributed by atoms with van der Waals surface area (Å²) in [5, 5.41) is 11.1. The van der Waals surface area contributed by atoms with E-state index in [1.807, 2.05) is 0 Å². The number of nitrogens with one attached hydrogen (secondary N) is 1. The maximum atomic E-state index is 11.8. The molecule has 0 spiro atoms. The number of alkyl halides is 2. The van der Waals surface area contributed by atoms with Crippen molar-refractivity contribution in [3.63, 3.8) is 0 Å². The van der Waals surface area contributed by atoms with Crippen molar-refractivity contribution < 1.29 is 8.78 Å². The lowest BCUT2D eigenvalue weighted by Crippen LogP contribution is -2.11. The highest BCUT2D eigenvalue weighted by Crippen LogP contribution is 2.15. The summed E-state index contributed by atoms with van der Waals surface area (Å²) in [5.74, 6) is 0.214. The second kappa shape index (κ2) is 4.72. The number of hydrogen-bond donors (Lipinski definition) is 1. The molecule has 0 bridgehead atoms. The maximum absolute atomic E-state index is 11.8. The molecule has 0 aliphatic rings. The van der Waals surface area contributed by atoms with Crippen LogP contribution in [0.15, 0.2) is 12.1 Å². The van der Waals surface area contributed by atoms with Crippen LogP contribution in [0.1, 0.15) is 5.69 Å². The summed E-state index contributed by atoms with van der Waals surface area (Å²) in [5.41, 5.74) is 0.0194. The van der Waals surface area contributed by atoms with Gasteiger partial charge in [0.05, 0.1) is 11.6 Å². The lowest BCUT2D eigenvalue weighted by Gasteiger charge is -2.04. The van der Waals surface area contributed by atoms with Gasteiger partial charge in [-0.2, -0.15) is 5.26 Å². The van der Waals surface area contributed by atoms with Crippen LogP contribution in [0.3, 0.4) is 0 Å². The van der Waals surface area contributed by atoms with Gasteiger partial charge in [-0.05, 0) is 12.1 Å². The van der Waals surface area contributed by atoms with Gasteiger partial charge >= 0.3 is 0 Å². The molecular formula is C8H6ClF2N3. The highest BCUT2D eigenvalue weighted by atomic mass is 35.5. The van der Waals surface area contributed by atoms with Gasteiger partial charge in [0, 0.05) is 0 Å². The van der Waals surface area contributed by atoms with E-state index in [1.165, 1.54) is 12.1 Å². The number of nitriles is 1. The second-order valence-electron chi connectivity index (χ2n) is 2.41. The Morgan fingerprint density at radius 2 is 2.29 bits per heavy atom. The minimum atomic E-state index is -2.46. The van der Waals surface area contributed by atoms with Crippen molar-refractivity contribution in [1.82, 2.24) is 4.98 Å². The normalized spacial score (nSPS) is 9.93. The third kappa shape index (κ3) is 2.82. The minimum absolute atomic E-state index is 0.0194. The van der Waals surface area contributed by atoms with Crippen LogP contribution in [-0.4, -0.2) is 18.0 Å². The quantitative estimate of drug-likeness (QED) is 0.845. The number of rotatable bonds is 3. The summed E-state index contributed by atoms with van der Waals surface area (Å²) < 4.78 is 23.6. The number of aromatic nitrogens is 1. The average Bonchev–Trinajstić information content (AvgIpc) is 2.16. The lowest BCUT2D eigenvalue weighted by molar-refractivity contribution is 0.163. The highest BCUT2D eigenvalue weighted by molar-refractivity contribution is 6.31. The molecule has 0 aliphatic heterocycles. The first-order valence-electron chi connectivity index (χ1n) is 3.72. The Morgan fingerprint density at radius 3 is 2.86 bits per heavy atom. The summed E-state index contributed by atoms with van der Waals surface area (Å²) in [6.07, 6.45) is -2.46. The molecule has 14 heavy (non-hydrogen) atoms. The molecule has 0 aromatic carbocycles. The number of halogens is 3. The Morgan fingerprint density at radius 1 is 1.57 bits per heavy atom. The van der Waals surface area contributed by atoms with Crippen molar-refractivity contribution in [2.45, 2.75) is 6.43 Å². The zero-order chi connectivity index (χ0) is 10.6. The Balaban J connectivity index is 2.76. The summed E-state index contributed by atoms with van der Waals surface area (Å²) in [4.78, 5) is 3.73. The highest BCUT2D eigenvalue weighted by Gasteiger charge is 2.05. The third-order valence-corrected chi connectivity index (χ3v) is 1.69. The zero-order valence-corrected chi connectivity index (χ0v) is 7.72. The molecule has 1 aromatic heterocycles.